The van der Waals surface area contributed by atoms with E-state index in [0.29, 0.717) is 6.54 Å². The zero-order valence-electron chi connectivity index (χ0n) is 11.0. The van der Waals surface area contributed by atoms with Gasteiger partial charge in [-0.3, -0.25) is 9.69 Å². The molecule has 2 aliphatic rings. The van der Waals surface area contributed by atoms with E-state index in [1.807, 2.05) is 20.8 Å². The molecule has 0 bridgehead atoms. The number of likely N-dealkylation sites (N-methyl/N-ethyl adjacent to an activating group) is 1. The summed E-state index contributed by atoms with van der Waals surface area (Å²) in [7, 11) is 0. The van der Waals surface area contributed by atoms with Crippen LogP contribution in [-0.4, -0.2) is 39.9 Å². The first kappa shape index (κ1) is 12.4. The van der Waals surface area contributed by atoms with E-state index in [2.05, 4.69) is 0 Å². The van der Waals surface area contributed by atoms with E-state index in [1.54, 1.807) is 4.90 Å². The van der Waals surface area contributed by atoms with Crippen molar-refractivity contribution >= 4 is 11.9 Å². The molecule has 4 heteroatoms. The van der Waals surface area contributed by atoms with Crippen molar-refractivity contribution in [2.75, 3.05) is 6.54 Å². The highest BCUT2D eigenvalue weighted by atomic mass is 16.2. The van der Waals surface area contributed by atoms with Crippen molar-refractivity contribution in [2.24, 2.45) is 0 Å². The highest BCUT2D eigenvalue weighted by Crippen LogP contribution is 2.33. The molecular weight excluding hydrogens is 216 g/mol. The Hall–Kier alpha value is -1.06. The fourth-order valence-electron chi connectivity index (χ4n) is 3.06. The van der Waals surface area contributed by atoms with E-state index in [4.69, 9.17) is 0 Å². The molecule has 0 aromatic carbocycles. The first-order chi connectivity index (χ1) is 8.00. The molecule has 0 atom stereocenters. The molecule has 2 rings (SSSR count). The molecule has 0 spiro atoms. The summed E-state index contributed by atoms with van der Waals surface area (Å²) in [5, 5.41) is 0. The maximum absolute atomic E-state index is 12.4. The number of nitrogens with zero attached hydrogens (tertiary/aromatic N) is 2. The molecule has 96 valence electrons. The van der Waals surface area contributed by atoms with Crippen molar-refractivity contribution in [3.05, 3.63) is 0 Å². The van der Waals surface area contributed by atoms with E-state index in [0.717, 1.165) is 25.7 Å². The molecule has 0 aromatic rings. The summed E-state index contributed by atoms with van der Waals surface area (Å²) < 4.78 is 0. The molecule has 1 aliphatic heterocycles. The minimum absolute atomic E-state index is 0.0174. The fraction of sp³-hybridized carbons (Fsp3) is 0.846. The average Bonchev–Trinajstić information content (AvgIpc) is 2.47. The number of hydrogen-bond acceptors (Lipinski definition) is 2. The van der Waals surface area contributed by atoms with E-state index >= 15 is 0 Å². The van der Waals surface area contributed by atoms with Crippen LogP contribution in [-0.2, 0) is 4.79 Å². The summed E-state index contributed by atoms with van der Waals surface area (Å²) in [5.74, 6) is -0.0174. The Balaban J connectivity index is 2.23. The van der Waals surface area contributed by atoms with Crippen molar-refractivity contribution < 1.29 is 9.59 Å². The third kappa shape index (κ3) is 1.83. The van der Waals surface area contributed by atoms with E-state index in [1.165, 1.54) is 11.3 Å². The highest BCUT2D eigenvalue weighted by Gasteiger charge is 2.52. The number of amides is 3. The number of urea groups is 1. The predicted octanol–water partition coefficient (Wildman–Crippen LogP) is 2.38. The van der Waals surface area contributed by atoms with Crippen LogP contribution in [0.3, 0.4) is 0 Å². The van der Waals surface area contributed by atoms with Gasteiger partial charge >= 0.3 is 6.03 Å². The van der Waals surface area contributed by atoms with Crippen LogP contribution in [0.15, 0.2) is 0 Å². The molecule has 4 nitrogen and oxygen atoms in total. The van der Waals surface area contributed by atoms with Gasteiger partial charge in [0.25, 0.3) is 5.91 Å². The summed E-state index contributed by atoms with van der Waals surface area (Å²) in [5.41, 5.74) is -0.663. The van der Waals surface area contributed by atoms with Crippen molar-refractivity contribution in [2.45, 2.75) is 64.5 Å². The summed E-state index contributed by atoms with van der Waals surface area (Å²) in [4.78, 5) is 27.9. The third-order valence-corrected chi connectivity index (χ3v) is 4.11. The maximum atomic E-state index is 12.4. The van der Waals surface area contributed by atoms with Gasteiger partial charge < -0.3 is 4.90 Å². The van der Waals surface area contributed by atoms with E-state index in [-0.39, 0.29) is 18.0 Å². The fourth-order valence-corrected chi connectivity index (χ4v) is 3.06. The Labute approximate surface area is 103 Å². The average molecular weight is 238 g/mol. The topological polar surface area (TPSA) is 40.6 Å². The lowest BCUT2D eigenvalue weighted by molar-refractivity contribution is -0.133. The lowest BCUT2D eigenvalue weighted by Gasteiger charge is -2.29. The summed E-state index contributed by atoms with van der Waals surface area (Å²) in [6.45, 7) is 6.22. The van der Waals surface area contributed by atoms with Crippen LogP contribution in [0.4, 0.5) is 4.79 Å². The van der Waals surface area contributed by atoms with Gasteiger partial charge in [-0.15, -0.1) is 0 Å². The Morgan fingerprint density at radius 3 is 2.24 bits per heavy atom. The highest BCUT2D eigenvalue weighted by molar-refractivity contribution is 6.06. The van der Waals surface area contributed by atoms with Gasteiger partial charge in [0.2, 0.25) is 0 Å². The zero-order chi connectivity index (χ0) is 12.6. The first-order valence-electron chi connectivity index (χ1n) is 6.65. The van der Waals surface area contributed by atoms with Gasteiger partial charge in [-0.2, -0.15) is 0 Å². The largest absolute Gasteiger partial charge is 0.327 e. The van der Waals surface area contributed by atoms with Crippen LogP contribution in [0.2, 0.25) is 0 Å². The van der Waals surface area contributed by atoms with Gasteiger partial charge in [-0.05, 0) is 33.6 Å². The summed E-state index contributed by atoms with van der Waals surface area (Å²) in [6.07, 6.45) is 5.45. The standard InChI is InChI=1S/C13H22N2O2/c1-4-14-12(17)15(11(16)13(14,2)3)10-8-6-5-7-9-10/h10H,4-9H2,1-3H3. The molecule has 0 N–H and O–H groups in total. The molecule has 3 amide bonds. The number of carbonyl (C=O) groups is 2. The van der Waals surface area contributed by atoms with Crippen LogP contribution >= 0.6 is 0 Å². The Morgan fingerprint density at radius 1 is 1.18 bits per heavy atom. The second-order valence-corrected chi connectivity index (χ2v) is 5.55. The van der Waals surface area contributed by atoms with E-state index in [9.17, 15) is 9.59 Å². The van der Waals surface area contributed by atoms with Gasteiger partial charge in [-0.25, -0.2) is 4.79 Å². The molecule has 17 heavy (non-hydrogen) atoms. The molecule has 2 fully saturated rings. The lowest BCUT2D eigenvalue weighted by atomic mass is 9.93. The predicted molar refractivity (Wildman–Crippen MR) is 65.6 cm³/mol. The molecule has 0 aromatic heterocycles. The Kier molecular flexibility index (Phi) is 3.15. The molecular formula is C13H22N2O2. The van der Waals surface area contributed by atoms with Crippen LogP contribution in [0.5, 0.6) is 0 Å². The number of rotatable bonds is 2. The Morgan fingerprint density at radius 2 is 1.76 bits per heavy atom. The minimum Gasteiger partial charge on any atom is -0.310 e. The first-order valence-corrected chi connectivity index (χ1v) is 6.65. The SMILES string of the molecule is CCN1C(=O)N(C2CCCCC2)C(=O)C1(C)C. The zero-order valence-corrected chi connectivity index (χ0v) is 11.0. The molecule has 1 saturated carbocycles. The van der Waals surface area contributed by atoms with Crippen LogP contribution in [0.25, 0.3) is 0 Å². The van der Waals surface area contributed by atoms with Crippen LogP contribution < -0.4 is 0 Å². The van der Waals surface area contributed by atoms with Crippen molar-refractivity contribution in [3.63, 3.8) is 0 Å². The lowest BCUT2D eigenvalue weighted by Crippen LogP contribution is -2.44. The Bertz CT molecular complexity index is 332. The van der Waals surface area contributed by atoms with Crippen molar-refractivity contribution in [3.8, 4) is 0 Å². The van der Waals surface area contributed by atoms with E-state index < -0.39 is 5.54 Å². The third-order valence-electron chi connectivity index (χ3n) is 4.11. The van der Waals surface area contributed by atoms with Gasteiger partial charge in [0.05, 0.1) is 0 Å². The minimum atomic E-state index is -0.663. The molecule has 0 unspecified atom stereocenters. The van der Waals surface area contributed by atoms with Gasteiger partial charge in [0, 0.05) is 12.6 Å². The second kappa shape index (κ2) is 4.31. The van der Waals surface area contributed by atoms with Crippen molar-refractivity contribution in [1.82, 2.24) is 9.80 Å². The summed E-state index contributed by atoms with van der Waals surface area (Å²) in [6, 6.07) is 0.0500. The molecule has 1 saturated heterocycles. The maximum Gasteiger partial charge on any atom is 0.327 e. The quantitative estimate of drug-likeness (QED) is 0.693. The molecule has 1 heterocycles. The van der Waals surface area contributed by atoms with Crippen LogP contribution in [0, 0.1) is 0 Å². The van der Waals surface area contributed by atoms with Crippen LogP contribution in [0.1, 0.15) is 52.9 Å². The number of carbonyl (C=O) groups excluding carboxylic acids is 2. The smallest absolute Gasteiger partial charge is 0.310 e. The normalized spacial score (nSPS) is 25.8. The number of imide groups is 1. The monoisotopic (exact) mass is 238 g/mol. The van der Waals surface area contributed by atoms with Gasteiger partial charge in [-0.1, -0.05) is 19.3 Å². The number of hydrogen-bond donors (Lipinski definition) is 0. The van der Waals surface area contributed by atoms with Gasteiger partial charge in [0.15, 0.2) is 0 Å². The second-order valence-electron chi connectivity index (χ2n) is 5.55. The summed E-state index contributed by atoms with van der Waals surface area (Å²) >= 11 is 0. The van der Waals surface area contributed by atoms with Crippen molar-refractivity contribution in [1.29, 1.82) is 0 Å². The van der Waals surface area contributed by atoms with Gasteiger partial charge in [0.1, 0.15) is 5.54 Å². The molecule has 0 radical (unpaired) electrons. The molecule has 1 aliphatic carbocycles.